The number of nitrogens with one attached hydrogen (secondary N) is 1. The number of amides is 1. The number of hydrogen-bond acceptors (Lipinski definition) is 2. The molecule has 0 saturated heterocycles. The first-order valence-electron chi connectivity index (χ1n) is 7.73. The minimum atomic E-state index is -0.330. The predicted octanol–water partition coefficient (Wildman–Crippen LogP) is 4.18. The smallest absolute Gasteiger partial charge is 0.257 e. The molecule has 3 aromatic rings. The average molecular weight is 330 g/mol. The van der Waals surface area contributed by atoms with Crippen LogP contribution in [0.25, 0.3) is 0 Å². The minimum Gasteiger partial charge on any atom is -0.322 e. The maximum Gasteiger partial charge on any atom is 0.257 e. The Morgan fingerprint density at radius 1 is 1.00 bits per heavy atom. The van der Waals surface area contributed by atoms with Crippen LogP contribution in [0.1, 0.15) is 27.3 Å². The zero-order valence-electron chi connectivity index (χ0n) is 13.6. The molecule has 0 aliphatic heterocycles. The van der Waals surface area contributed by atoms with Crippen LogP contribution in [0.15, 0.2) is 66.7 Å². The summed E-state index contributed by atoms with van der Waals surface area (Å²) in [5.74, 6) is 5.20. The maximum atomic E-state index is 13.1. The van der Waals surface area contributed by atoms with Crippen molar-refractivity contribution in [2.24, 2.45) is 0 Å². The zero-order valence-corrected chi connectivity index (χ0v) is 13.6. The van der Waals surface area contributed by atoms with Crippen molar-refractivity contribution >= 4 is 11.6 Å². The molecule has 1 heterocycles. The lowest BCUT2D eigenvalue weighted by atomic mass is 10.1. The van der Waals surface area contributed by atoms with E-state index in [4.69, 9.17) is 0 Å². The Hall–Kier alpha value is -3.45. The molecule has 0 fully saturated rings. The molecule has 0 aliphatic rings. The molecule has 3 nitrogen and oxygen atoms in total. The molecule has 0 unspecified atom stereocenters. The molecule has 0 radical (unpaired) electrons. The molecule has 2 aromatic carbocycles. The highest BCUT2D eigenvalue weighted by molar-refractivity contribution is 6.05. The Morgan fingerprint density at radius 2 is 1.80 bits per heavy atom. The quantitative estimate of drug-likeness (QED) is 0.716. The fraction of sp³-hybridized carbons (Fsp3) is 0.0476. The topological polar surface area (TPSA) is 42.0 Å². The van der Waals surface area contributed by atoms with Gasteiger partial charge in [0, 0.05) is 11.3 Å². The van der Waals surface area contributed by atoms with Gasteiger partial charge in [-0.25, -0.2) is 9.37 Å². The van der Waals surface area contributed by atoms with E-state index >= 15 is 0 Å². The van der Waals surface area contributed by atoms with Crippen molar-refractivity contribution in [3.05, 3.63) is 95.1 Å². The van der Waals surface area contributed by atoms with Gasteiger partial charge in [0.05, 0.1) is 11.3 Å². The van der Waals surface area contributed by atoms with Crippen LogP contribution in [-0.2, 0) is 0 Å². The molecule has 1 aromatic heterocycles. The van der Waals surface area contributed by atoms with Crippen LogP contribution in [0.2, 0.25) is 0 Å². The van der Waals surface area contributed by atoms with E-state index < -0.39 is 0 Å². The van der Waals surface area contributed by atoms with E-state index in [9.17, 15) is 9.18 Å². The van der Waals surface area contributed by atoms with Crippen molar-refractivity contribution in [1.29, 1.82) is 0 Å². The first-order valence-corrected chi connectivity index (χ1v) is 7.73. The van der Waals surface area contributed by atoms with Gasteiger partial charge >= 0.3 is 0 Å². The number of carbonyl (C=O) groups is 1. The third-order valence-electron chi connectivity index (χ3n) is 3.52. The fourth-order valence-corrected chi connectivity index (χ4v) is 2.29. The summed E-state index contributed by atoms with van der Waals surface area (Å²) in [7, 11) is 0. The molecular formula is C21H15FN2O. The van der Waals surface area contributed by atoms with Gasteiger partial charge in [-0.3, -0.25) is 4.79 Å². The monoisotopic (exact) mass is 330 g/mol. The number of hydrogen-bond donors (Lipinski definition) is 1. The molecule has 122 valence electrons. The summed E-state index contributed by atoms with van der Waals surface area (Å²) < 4.78 is 13.1. The van der Waals surface area contributed by atoms with Gasteiger partial charge in [-0.05, 0) is 55.3 Å². The van der Waals surface area contributed by atoms with Crippen LogP contribution >= 0.6 is 0 Å². The van der Waals surface area contributed by atoms with Gasteiger partial charge in [-0.2, -0.15) is 0 Å². The van der Waals surface area contributed by atoms with Crippen molar-refractivity contribution in [2.75, 3.05) is 5.32 Å². The summed E-state index contributed by atoms with van der Waals surface area (Å²) in [6.07, 6.45) is 0. The SMILES string of the molecule is Cc1nc(C#Cc2cccc(F)c2)ccc1C(=O)Nc1ccccc1. The van der Waals surface area contributed by atoms with Crippen LogP contribution in [-0.4, -0.2) is 10.9 Å². The Morgan fingerprint density at radius 3 is 2.52 bits per heavy atom. The first kappa shape index (κ1) is 16.4. The Bertz CT molecular complexity index is 972. The van der Waals surface area contributed by atoms with Gasteiger partial charge in [-0.1, -0.05) is 30.2 Å². The number of aromatic nitrogens is 1. The van der Waals surface area contributed by atoms with Gasteiger partial charge in [0.15, 0.2) is 0 Å². The average Bonchev–Trinajstić information content (AvgIpc) is 2.61. The van der Waals surface area contributed by atoms with Crippen molar-refractivity contribution in [2.45, 2.75) is 6.92 Å². The second-order valence-electron chi connectivity index (χ2n) is 5.41. The highest BCUT2D eigenvalue weighted by atomic mass is 19.1. The highest BCUT2D eigenvalue weighted by Gasteiger charge is 2.10. The van der Waals surface area contributed by atoms with E-state index in [2.05, 4.69) is 22.1 Å². The number of aryl methyl sites for hydroxylation is 1. The first-order chi connectivity index (χ1) is 12.1. The van der Waals surface area contributed by atoms with Crippen LogP contribution in [0, 0.1) is 24.6 Å². The van der Waals surface area contributed by atoms with E-state index in [1.165, 1.54) is 12.1 Å². The van der Waals surface area contributed by atoms with Crippen molar-refractivity contribution in [3.8, 4) is 11.8 Å². The largest absolute Gasteiger partial charge is 0.322 e. The molecule has 0 spiro atoms. The molecule has 4 heteroatoms. The molecule has 0 bridgehead atoms. The lowest BCUT2D eigenvalue weighted by molar-refractivity contribution is 0.102. The fourth-order valence-electron chi connectivity index (χ4n) is 2.29. The van der Waals surface area contributed by atoms with Crippen molar-refractivity contribution in [1.82, 2.24) is 4.98 Å². The third kappa shape index (κ3) is 4.30. The van der Waals surface area contributed by atoms with Gasteiger partial charge in [0.2, 0.25) is 0 Å². The molecule has 25 heavy (non-hydrogen) atoms. The summed E-state index contributed by atoms with van der Waals surface area (Å²) in [5.41, 5.74) is 2.89. The number of halogens is 1. The standard InChI is InChI=1S/C21H15FN2O/c1-15-20(21(25)24-18-8-3-2-4-9-18)13-12-19(23-15)11-10-16-6-5-7-17(22)14-16/h2-9,12-14H,1H3,(H,24,25). The van der Waals surface area contributed by atoms with E-state index in [1.807, 2.05) is 30.3 Å². The Kier molecular flexibility index (Phi) is 4.87. The van der Waals surface area contributed by atoms with E-state index in [-0.39, 0.29) is 11.7 Å². The van der Waals surface area contributed by atoms with Crippen molar-refractivity contribution < 1.29 is 9.18 Å². The van der Waals surface area contributed by atoms with Gasteiger partial charge < -0.3 is 5.32 Å². The molecule has 0 saturated carbocycles. The molecular weight excluding hydrogens is 315 g/mol. The second kappa shape index (κ2) is 7.41. The molecule has 0 atom stereocenters. The van der Waals surface area contributed by atoms with E-state index in [0.717, 1.165) is 5.69 Å². The maximum absolute atomic E-state index is 13.1. The molecule has 1 N–H and O–H groups in total. The van der Waals surface area contributed by atoms with E-state index in [0.29, 0.717) is 22.5 Å². The summed E-state index contributed by atoms with van der Waals surface area (Å²) >= 11 is 0. The van der Waals surface area contributed by atoms with Gasteiger partial charge in [0.1, 0.15) is 11.5 Å². The third-order valence-corrected chi connectivity index (χ3v) is 3.52. The summed E-state index contributed by atoms with van der Waals surface area (Å²) in [6.45, 7) is 1.76. The normalized spacial score (nSPS) is 9.84. The lowest BCUT2D eigenvalue weighted by Crippen LogP contribution is -2.14. The molecule has 1 amide bonds. The Labute approximate surface area is 145 Å². The number of para-hydroxylation sites is 1. The van der Waals surface area contributed by atoms with Crippen LogP contribution in [0.4, 0.5) is 10.1 Å². The summed E-state index contributed by atoms with van der Waals surface area (Å²) in [4.78, 5) is 16.7. The number of anilines is 1. The highest BCUT2D eigenvalue weighted by Crippen LogP contribution is 2.12. The van der Waals surface area contributed by atoms with Gasteiger partial charge in [0.25, 0.3) is 5.91 Å². The minimum absolute atomic E-state index is 0.221. The number of pyridine rings is 1. The predicted molar refractivity (Wildman–Crippen MR) is 95.7 cm³/mol. The summed E-state index contributed by atoms with van der Waals surface area (Å²) in [6, 6.07) is 18.7. The molecule has 3 rings (SSSR count). The van der Waals surface area contributed by atoms with Crippen LogP contribution in [0.5, 0.6) is 0 Å². The summed E-state index contributed by atoms with van der Waals surface area (Å²) in [5, 5.41) is 2.83. The van der Waals surface area contributed by atoms with Crippen LogP contribution < -0.4 is 5.32 Å². The molecule has 0 aliphatic carbocycles. The van der Waals surface area contributed by atoms with Crippen LogP contribution in [0.3, 0.4) is 0 Å². The van der Waals surface area contributed by atoms with Gasteiger partial charge in [-0.15, -0.1) is 0 Å². The second-order valence-corrected chi connectivity index (χ2v) is 5.41. The van der Waals surface area contributed by atoms with E-state index in [1.54, 1.807) is 31.2 Å². The number of nitrogens with zero attached hydrogens (tertiary/aromatic N) is 1. The number of benzene rings is 2. The number of carbonyl (C=O) groups excluding carboxylic acids is 1. The Balaban J connectivity index is 1.78. The number of rotatable bonds is 2. The van der Waals surface area contributed by atoms with Crippen molar-refractivity contribution in [3.63, 3.8) is 0 Å². The lowest BCUT2D eigenvalue weighted by Gasteiger charge is -2.07. The zero-order chi connectivity index (χ0) is 17.6.